The number of esters is 1. The van der Waals surface area contributed by atoms with Gasteiger partial charge in [0.2, 0.25) is 5.69 Å². The monoisotopic (exact) mass is 327 g/mol. The molecule has 0 aliphatic rings. The van der Waals surface area contributed by atoms with E-state index in [9.17, 15) is 4.79 Å². The second-order valence-corrected chi connectivity index (χ2v) is 5.05. The molecule has 2 aromatic heterocycles. The van der Waals surface area contributed by atoms with E-state index in [1.165, 1.54) is 4.52 Å². The SMILES string of the molecule is CCOC(=O)c1nnc2c(-c3ccccc3OC)c(C)nn2c1N. The number of ether oxygens (including phenoxy) is 2. The summed E-state index contributed by atoms with van der Waals surface area (Å²) in [6.45, 7) is 3.76. The van der Waals surface area contributed by atoms with Crippen LogP contribution in [0.3, 0.4) is 0 Å². The first-order valence-electron chi connectivity index (χ1n) is 7.40. The van der Waals surface area contributed by atoms with E-state index in [2.05, 4.69) is 15.3 Å². The molecule has 0 bridgehead atoms. The van der Waals surface area contributed by atoms with Crippen molar-refractivity contribution >= 4 is 17.4 Å². The topological polar surface area (TPSA) is 105 Å². The van der Waals surface area contributed by atoms with Gasteiger partial charge in [0, 0.05) is 5.56 Å². The third-order valence-corrected chi connectivity index (χ3v) is 3.60. The number of hydrogen-bond donors (Lipinski definition) is 1. The van der Waals surface area contributed by atoms with Crippen LogP contribution in [0.25, 0.3) is 16.8 Å². The van der Waals surface area contributed by atoms with Gasteiger partial charge in [-0.1, -0.05) is 18.2 Å². The van der Waals surface area contributed by atoms with Gasteiger partial charge in [-0.05, 0) is 19.9 Å². The molecule has 0 aliphatic carbocycles. The molecule has 124 valence electrons. The number of aryl methyl sites for hydroxylation is 1. The van der Waals surface area contributed by atoms with Gasteiger partial charge in [0.05, 0.1) is 25.0 Å². The number of benzene rings is 1. The molecule has 8 heteroatoms. The van der Waals surface area contributed by atoms with Gasteiger partial charge in [0.25, 0.3) is 0 Å². The van der Waals surface area contributed by atoms with Crippen molar-refractivity contribution in [3.8, 4) is 16.9 Å². The largest absolute Gasteiger partial charge is 0.496 e. The number of rotatable bonds is 4. The Morgan fingerprint density at radius 3 is 2.75 bits per heavy atom. The molecular weight excluding hydrogens is 310 g/mol. The molecule has 3 aromatic rings. The van der Waals surface area contributed by atoms with Gasteiger partial charge in [0.15, 0.2) is 11.5 Å². The van der Waals surface area contributed by atoms with Crippen LogP contribution < -0.4 is 10.5 Å². The first-order valence-corrected chi connectivity index (χ1v) is 7.40. The molecule has 8 nitrogen and oxygen atoms in total. The zero-order valence-corrected chi connectivity index (χ0v) is 13.6. The lowest BCUT2D eigenvalue weighted by molar-refractivity contribution is 0.0519. The predicted molar refractivity (Wildman–Crippen MR) is 87.9 cm³/mol. The van der Waals surface area contributed by atoms with Crippen LogP contribution in [0.1, 0.15) is 23.1 Å². The summed E-state index contributed by atoms with van der Waals surface area (Å²) in [5.41, 5.74) is 8.71. The molecule has 0 unspecified atom stereocenters. The van der Waals surface area contributed by atoms with E-state index in [-0.39, 0.29) is 18.1 Å². The molecule has 2 heterocycles. The quantitative estimate of drug-likeness (QED) is 0.729. The summed E-state index contributed by atoms with van der Waals surface area (Å²) in [4.78, 5) is 11.9. The van der Waals surface area contributed by atoms with Gasteiger partial charge >= 0.3 is 5.97 Å². The fourth-order valence-electron chi connectivity index (χ4n) is 2.54. The highest BCUT2D eigenvalue weighted by molar-refractivity contribution is 5.93. The van der Waals surface area contributed by atoms with Crippen molar-refractivity contribution in [1.82, 2.24) is 19.8 Å². The fourth-order valence-corrected chi connectivity index (χ4v) is 2.54. The number of carbonyl (C=O) groups excluding carboxylic acids is 1. The number of fused-ring (bicyclic) bond motifs is 1. The summed E-state index contributed by atoms with van der Waals surface area (Å²) in [5, 5.41) is 12.5. The maximum absolute atomic E-state index is 11.9. The van der Waals surface area contributed by atoms with Crippen molar-refractivity contribution in [2.24, 2.45) is 0 Å². The van der Waals surface area contributed by atoms with Crippen LogP contribution in [0.5, 0.6) is 5.75 Å². The normalized spacial score (nSPS) is 10.8. The van der Waals surface area contributed by atoms with Crippen molar-refractivity contribution in [3.63, 3.8) is 0 Å². The lowest BCUT2D eigenvalue weighted by Gasteiger charge is -2.08. The van der Waals surface area contributed by atoms with Gasteiger partial charge in [-0.15, -0.1) is 10.2 Å². The minimum atomic E-state index is -0.628. The Hall–Kier alpha value is -3.16. The number of nitrogens with zero attached hydrogens (tertiary/aromatic N) is 4. The summed E-state index contributed by atoms with van der Waals surface area (Å²) >= 11 is 0. The van der Waals surface area contributed by atoms with E-state index in [1.807, 2.05) is 31.2 Å². The number of nitrogen functional groups attached to an aromatic ring is 1. The smallest absolute Gasteiger partial charge is 0.362 e. The number of carbonyl (C=O) groups is 1. The summed E-state index contributed by atoms with van der Waals surface area (Å²) in [5.74, 6) is 0.143. The van der Waals surface area contributed by atoms with Gasteiger partial charge in [-0.25, -0.2) is 4.79 Å². The molecule has 3 rings (SSSR count). The van der Waals surface area contributed by atoms with Crippen LogP contribution >= 0.6 is 0 Å². The lowest BCUT2D eigenvalue weighted by atomic mass is 10.1. The van der Waals surface area contributed by atoms with Crippen molar-refractivity contribution in [2.45, 2.75) is 13.8 Å². The van der Waals surface area contributed by atoms with Crippen molar-refractivity contribution in [2.75, 3.05) is 19.5 Å². The van der Waals surface area contributed by atoms with Gasteiger partial charge in [0.1, 0.15) is 5.75 Å². The Morgan fingerprint density at radius 2 is 2.04 bits per heavy atom. The van der Waals surface area contributed by atoms with Crippen LogP contribution in [0.2, 0.25) is 0 Å². The van der Waals surface area contributed by atoms with E-state index < -0.39 is 5.97 Å². The van der Waals surface area contributed by atoms with E-state index in [1.54, 1.807) is 14.0 Å². The van der Waals surface area contributed by atoms with Crippen LogP contribution in [-0.4, -0.2) is 39.5 Å². The van der Waals surface area contributed by atoms with Crippen LogP contribution in [0.4, 0.5) is 5.82 Å². The highest BCUT2D eigenvalue weighted by Gasteiger charge is 2.22. The number of hydrogen-bond acceptors (Lipinski definition) is 7. The summed E-state index contributed by atoms with van der Waals surface area (Å²) < 4.78 is 11.7. The minimum Gasteiger partial charge on any atom is -0.496 e. The average Bonchev–Trinajstić information content (AvgIpc) is 2.92. The predicted octanol–water partition coefficient (Wildman–Crippen LogP) is 1.87. The molecule has 0 amide bonds. The third kappa shape index (κ3) is 2.41. The molecule has 24 heavy (non-hydrogen) atoms. The first kappa shape index (κ1) is 15.7. The van der Waals surface area contributed by atoms with Crippen LogP contribution in [-0.2, 0) is 4.74 Å². The standard InChI is InChI=1S/C16H17N5O3/c1-4-24-16(22)13-14(17)21-15(19-18-13)12(9(2)20-21)10-7-5-6-8-11(10)23-3/h5-8H,4,17H2,1-3H3. The molecule has 0 radical (unpaired) electrons. The molecular formula is C16H17N5O3. The third-order valence-electron chi connectivity index (χ3n) is 3.60. The van der Waals surface area contributed by atoms with E-state index in [4.69, 9.17) is 15.2 Å². The van der Waals surface area contributed by atoms with Gasteiger partial charge in [-0.3, -0.25) is 0 Å². The van der Waals surface area contributed by atoms with Crippen LogP contribution in [0, 0.1) is 6.92 Å². The highest BCUT2D eigenvalue weighted by atomic mass is 16.5. The van der Waals surface area contributed by atoms with Crippen molar-refractivity contribution < 1.29 is 14.3 Å². The lowest BCUT2D eigenvalue weighted by Crippen LogP contribution is -2.15. The molecule has 2 N–H and O–H groups in total. The molecule has 0 saturated carbocycles. The molecule has 0 aliphatic heterocycles. The van der Waals surface area contributed by atoms with Gasteiger partial charge in [-0.2, -0.15) is 9.61 Å². The molecule has 0 fully saturated rings. The van der Waals surface area contributed by atoms with E-state index in [0.717, 1.165) is 11.1 Å². The van der Waals surface area contributed by atoms with Gasteiger partial charge < -0.3 is 15.2 Å². The van der Waals surface area contributed by atoms with Crippen molar-refractivity contribution in [3.05, 3.63) is 35.7 Å². The zero-order valence-electron chi connectivity index (χ0n) is 13.6. The maximum Gasteiger partial charge on any atom is 0.362 e. The second kappa shape index (κ2) is 6.15. The summed E-state index contributed by atoms with van der Waals surface area (Å²) in [6.07, 6.45) is 0. The number of methoxy groups -OCH3 is 1. The van der Waals surface area contributed by atoms with Crippen LogP contribution in [0.15, 0.2) is 24.3 Å². The fraction of sp³-hybridized carbons (Fsp3) is 0.250. The summed E-state index contributed by atoms with van der Waals surface area (Å²) in [7, 11) is 1.60. The molecule has 0 saturated heterocycles. The van der Waals surface area contributed by atoms with E-state index in [0.29, 0.717) is 17.1 Å². The second-order valence-electron chi connectivity index (χ2n) is 5.05. The Morgan fingerprint density at radius 1 is 1.29 bits per heavy atom. The average molecular weight is 327 g/mol. The Balaban J connectivity index is 2.23. The summed E-state index contributed by atoms with van der Waals surface area (Å²) in [6, 6.07) is 7.52. The molecule has 0 atom stereocenters. The van der Waals surface area contributed by atoms with Crippen molar-refractivity contribution in [1.29, 1.82) is 0 Å². The number of aromatic nitrogens is 4. The minimum absolute atomic E-state index is 0.0570. The Kier molecular flexibility index (Phi) is 4.03. The highest BCUT2D eigenvalue weighted by Crippen LogP contribution is 2.34. The number of para-hydroxylation sites is 1. The Bertz CT molecular complexity index is 919. The molecule has 1 aromatic carbocycles. The molecule has 0 spiro atoms. The zero-order chi connectivity index (χ0) is 17.3. The number of nitrogens with two attached hydrogens (primary N) is 1. The number of anilines is 1. The van der Waals surface area contributed by atoms with E-state index >= 15 is 0 Å². The first-order chi connectivity index (χ1) is 11.6. The Labute approximate surface area is 138 Å². The maximum atomic E-state index is 11.9.